The van der Waals surface area contributed by atoms with Gasteiger partial charge in [-0.2, -0.15) is 5.26 Å². The highest BCUT2D eigenvalue weighted by atomic mass is 16.5. The van der Waals surface area contributed by atoms with Crippen molar-refractivity contribution in [1.82, 2.24) is 15.0 Å². The minimum atomic E-state index is -0.975. The Kier molecular flexibility index (Phi) is 4.30. The summed E-state index contributed by atoms with van der Waals surface area (Å²) in [7, 11) is 1.53. The summed E-state index contributed by atoms with van der Waals surface area (Å²) in [5.74, 6) is 0.575. The van der Waals surface area contributed by atoms with Gasteiger partial charge in [0, 0.05) is 5.56 Å². The summed E-state index contributed by atoms with van der Waals surface area (Å²) >= 11 is 0. The van der Waals surface area contributed by atoms with E-state index in [9.17, 15) is 5.11 Å². The molecule has 0 spiro atoms. The standard InChI is InChI=1S/C13H14N4O3/c1-20-12-5-3-2-4-10(12)13-11(6-14)15-16-17(13)7-9(19)8-18/h2-5,9,18-19H,7-8H2,1H3. The van der Waals surface area contributed by atoms with E-state index < -0.39 is 12.7 Å². The van der Waals surface area contributed by atoms with Crippen molar-refractivity contribution in [3.63, 3.8) is 0 Å². The fourth-order valence-corrected chi connectivity index (χ4v) is 1.88. The van der Waals surface area contributed by atoms with E-state index in [2.05, 4.69) is 10.3 Å². The minimum absolute atomic E-state index is 0.0402. The predicted molar refractivity (Wildman–Crippen MR) is 69.8 cm³/mol. The fourth-order valence-electron chi connectivity index (χ4n) is 1.88. The Morgan fingerprint density at radius 1 is 1.45 bits per heavy atom. The number of para-hydroxylation sites is 1. The first-order chi connectivity index (χ1) is 9.71. The molecule has 7 nitrogen and oxygen atoms in total. The van der Waals surface area contributed by atoms with Crippen molar-refractivity contribution < 1.29 is 14.9 Å². The molecule has 2 rings (SSSR count). The van der Waals surface area contributed by atoms with Gasteiger partial charge in [0.1, 0.15) is 17.5 Å². The molecule has 0 amide bonds. The largest absolute Gasteiger partial charge is 0.496 e. The number of hydrogen-bond acceptors (Lipinski definition) is 6. The first kappa shape index (κ1) is 14.0. The average Bonchev–Trinajstić information content (AvgIpc) is 2.89. The van der Waals surface area contributed by atoms with Crippen LogP contribution in [0.5, 0.6) is 5.75 Å². The third kappa shape index (κ3) is 2.61. The first-order valence-electron chi connectivity index (χ1n) is 5.97. The Hall–Kier alpha value is -2.43. The van der Waals surface area contributed by atoms with Crippen LogP contribution < -0.4 is 4.74 Å². The van der Waals surface area contributed by atoms with Gasteiger partial charge in [0.25, 0.3) is 0 Å². The number of ether oxygens (including phenoxy) is 1. The summed E-state index contributed by atoms with van der Waals surface area (Å²) in [4.78, 5) is 0. The Labute approximate surface area is 115 Å². The van der Waals surface area contributed by atoms with Gasteiger partial charge in [0.2, 0.25) is 0 Å². The third-order valence-electron chi connectivity index (χ3n) is 2.80. The van der Waals surface area contributed by atoms with Crippen molar-refractivity contribution in [2.75, 3.05) is 13.7 Å². The van der Waals surface area contributed by atoms with Crippen molar-refractivity contribution >= 4 is 0 Å². The van der Waals surface area contributed by atoms with E-state index >= 15 is 0 Å². The van der Waals surface area contributed by atoms with Crippen LogP contribution in [0.4, 0.5) is 0 Å². The zero-order valence-electron chi connectivity index (χ0n) is 10.9. The molecule has 0 fully saturated rings. The van der Waals surface area contributed by atoms with Crippen molar-refractivity contribution in [2.24, 2.45) is 0 Å². The number of nitriles is 1. The predicted octanol–water partition coefficient (Wildman–Crippen LogP) is 0.179. The Morgan fingerprint density at radius 3 is 2.85 bits per heavy atom. The Morgan fingerprint density at radius 2 is 2.20 bits per heavy atom. The number of benzene rings is 1. The lowest BCUT2D eigenvalue weighted by molar-refractivity contribution is 0.0782. The highest BCUT2D eigenvalue weighted by molar-refractivity contribution is 5.71. The molecule has 1 heterocycles. The number of hydrogen-bond donors (Lipinski definition) is 2. The third-order valence-corrected chi connectivity index (χ3v) is 2.80. The molecule has 1 aromatic heterocycles. The van der Waals surface area contributed by atoms with Gasteiger partial charge in [-0.3, -0.25) is 0 Å². The molecule has 0 saturated heterocycles. The maximum Gasteiger partial charge on any atom is 0.190 e. The molecule has 0 saturated carbocycles. The van der Waals surface area contributed by atoms with Gasteiger partial charge >= 0.3 is 0 Å². The summed E-state index contributed by atoms with van der Waals surface area (Å²) in [6.07, 6.45) is -0.975. The molecule has 0 aliphatic carbocycles. The molecular formula is C13H14N4O3. The molecule has 7 heteroatoms. The number of aliphatic hydroxyl groups is 2. The van der Waals surface area contributed by atoms with Gasteiger partial charge < -0.3 is 14.9 Å². The van der Waals surface area contributed by atoms with Crippen LogP contribution in [0.1, 0.15) is 5.69 Å². The summed E-state index contributed by atoms with van der Waals surface area (Å²) in [6.45, 7) is -0.355. The lowest BCUT2D eigenvalue weighted by atomic mass is 10.1. The van der Waals surface area contributed by atoms with E-state index in [0.29, 0.717) is 17.0 Å². The van der Waals surface area contributed by atoms with Crippen molar-refractivity contribution in [3.8, 4) is 23.1 Å². The SMILES string of the molecule is COc1ccccc1-c1c(C#N)nnn1CC(O)CO. The lowest BCUT2D eigenvalue weighted by Crippen LogP contribution is -2.21. The zero-order valence-corrected chi connectivity index (χ0v) is 10.9. The highest BCUT2D eigenvalue weighted by Crippen LogP contribution is 2.31. The normalized spacial score (nSPS) is 11.9. The number of aliphatic hydroxyl groups excluding tert-OH is 2. The van der Waals surface area contributed by atoms with E-state index in [1.54, 1.807) is 18.2 Å². The van der Waals surface area contributed by atoms with Gasteiger partial charge in [0.15, 0.2) is 5.69 Å². The smallest absolute Gasteiger partial charge is 0.190 e. The second-order valence-electron chi connectivity index (χ2n) is 4.12. The maximum atomic E-state index is 9.54. The highest BCUT2D eigenvalue weighted by Gasteiger charge is 2.19. The number of nitrogens with zero attached hydrogens (tertiary/aromatic N) is 4. The van der Waals surface area contributed by atoms with Gasteiger partial charge in [-0.25, -0.2) is 4.68 Å². The maximum absolute atomic E-state index is 9.54. The monoisotopic (exact) mass is 274 g/mol. The van der Waals surface area contributed by atoms with Crippen LogP contribution in [0, 0.1) is 11.3 Å². The van der Waals surface area contributed by atoms with Crippen molar-refractivity contribution in [3.05, 3.63) is 30.0 Å². The second-order valence-corrected chi connectivity index (χ2v) is 4.12. The summed E-state index contributed by atoms with van der Waals surface area (Å²) in [5, 5.41) is 35.2. The van der Waals surface area contributed by atoms with Crippen molar-refractivity contribution in [2.45, 2.75) is 12.6 Å². The molecule has 1 atom stereocenters. The first-order valence-corrected chi connectivity index (χ1v) is 5.97. The van der Waals surface area contributed by atoms with E-state index in [1.165, 1.54) is 11.8 Å². The summed E-state index contributed by atoms with van der Waals surface area (Å²) in [5.41, 5.74) is 1.25. The zero-order chi connectivity index (χ0) is 14.5. The number of aromatic nitrogens is 3. The van der Waals surface area contributed by atoms with Crippen LogP contribution in [0.25, 0.3) is 11.3 Å². The molecule has 1 unspecified atom stereocenters. The van der Waals surface area contributed by atoms with Gasteiger partial charge in [-0.1, -0.05) is 17.3 Å². The lowest BCUT2D eigenvalue weighted by Gasteiger charge is -2.12. The van der Waals surface area contributed by atoms with Gasteiger partial charge in [0.05, 0.1) is 26.4 Å². The van der Waals surface area contributed by atoms with Gasteiger partial charge in [-0.05, 0) is 12.1 Å². The molecule has 0 bridgehead atoms. The molecule has 2 aromatic rings. The van der Waals surface area contributed by atoms with Crippen molar-refractivity contribution in [1.29, 1.82) is 5.26 Å². The molecule has 1 aromatic carbocycles. The molecule has 20 heavy (non-hydrogen) atoms. The van der Waals surface area contributed by atoms with Crippen LogP contribution in [0.2, 0.25) is 0 Å². The number of methoxy groups -OCH3 is 1. The van der Waals surface area contributed by atoms with Crippen LogP contribution in [0.15, 0.2) is 24.3 Å². The van der Waals surface area contributed by atoms with E-state index in [1.807, 2.05) is 12.1 Å². The van der Waals surface area contributed by atoms with Crippen LogP contribution >= 0.6 is 0 Å². The van der Waals surface area contributed by atoms with E-state index in [0.717, 1.165) is 0 Å². The number of rotatable bonds is 5. The summed E-state index contributed by atoms with van der Waals surface area (Å²) < 4.78 is 6.65. The van der Waals surface area contributed by atoms with Crippen LogP contribution in [-0.4, -0.2) is 45.0 Å². The molecular weight excluding hydrogens is 260 g/mol. The van der Waals surface area contributed by atoms with Crippen LogP contribution in [-0.2, 0) is 6.54 Å². The van der Waals surface area contributed by atoms with E-state index in [4.69, 9.17) is 15.1 Å². The molecule has 104 valence electrons. The van der Waals surface area contributed by atoms with E-state index in [-0.39, 0.29) is 12.2 Å². The Bertz CT molecular complexity index is 633. The quantitative estimate of drug-likeness (QED) is 0.806. The molecule has 0 aliphatic rings. The minimum Gasteiger partial charge on any atom is -0.496 e. The molecule has 0 radical (unpaired) electrons. The average molecular weight is 274 g/mol. The Balaban J connectivity index is 2.54. The fraction of sp³-hybridized carbons (Fsp3) is 0.308. The van der Waals surface area contributed by atoms with Gasteiger partial charge in [-0.15, -0.1) is 5.10 Å². The molecule has 0 aliphatic heterocycles. The topological polar surface area (TPSA) is 104 Å². The summed E-state index contributed by atoms with van der Waals surface area (Å²) in [6, 6.07) is 9.12. The van der Waals surface area contributed by atoms with Crippen LogP contribution in [0.3, 0.4) is 0 Å². The molecule has 2 N–H and O–H groups in total. The second kappa shape index (κ2) is 6.14.